The van der Waals surface area contributed by atoms with Crippen molar-refractivity contribution in [3.8, 4) is 11.4 Å². The van der Waals surface area contributed by atoms with Crippen LogP contribution in [0.3, 0.4) is 0 Å². The van der Waals surface area contributed by atoms with Gasteiger partial charge in [0.25, 0.3) is 0 Å². The summed E-state index contributed by atoms with van der Waals surface area (Å²) < 4.78 is 11.8. The number of methoxy groups -OCH3 is 2. The van der Waals surface area contributed by atoms with Gasteiger partial charge in [-0.25, -0.2) is 4.79 Å². The molecule has 31 heavy (non-hydrogen) atoms. The fourth-order valence-electron chi connectivity index (χ4n) is 2.78. The normalized spacial score (nSPS) is 10.8. The zero-order valence-corrected chi connectivity index (χ0v) is 19.4. The summed E-state index contributed by atoms with van der Waals surface area (Å²) in [4.78, 5) is 24.6. The van der Waals surface area contributed by atoms with E-state index in [-0.39, 0.29) is 11.7 Å². The van der Waals surface area contributed by atoms with Crippen molar-refractivity contribution in [1.29, 1.82) is 0 Å². The number of thioether (sulfide) groups is 1. The minimum absolute atomic E-state index is 0.0986. The summed E-state index contributed by atoms with van der Waals surface area (Å²) in [5, 5.41) is 14.2. The van der Waals surface area contributed by atoms with E-state index in [0.29, 0.717) is 39.7 Å². The predicted molar refractivity (Wildman–Crippen MR) is 122 cm³/mol. The predicted octanol–water partition coefficient (Wildman–Crippen LogP) is 4.21. The fourth-order valence-corrected chi connectivity index (χ4v) is 4.53. The van der Waals surface area contributed by atoms with E-state index in [0.717, 1.165) is 12.0 Å². The van der Waals surface area contributed by atoms with Crippen LogP contribution >= 0.6 is 34.7 Å². The number of amides is 1. The van der Waals surface area contributed by atoms with Gasteiger partial charge < -0.3 is 19.4 Å². The number of nitrogens with one attached hydrogen (secondary N) is 1. The van der Waals surface area contributed by atoms with Crippen molar-refractivity contribution in [3.05, 3.63) is 45.6 Å². The highest BCUT2D eigenvalue weighted by molar-refractivity contribution is 7.99. The molecule has 0 fully saturated rings. The van der Waals surface area contributed by atoms with Crippen molar-refractivity contribution in [3.63, 3.8) is 0 Å². The lowest BCUT2D eigenvalue weighted by atomic mass is 10.2. The third-order valence-electron chi connectivity index (χ3n) is 4.20. The number of carbonyl (C=O) groups excluding carboxylic acids is 2. The average Bonchev–Trinajstić information content (AvgIpc) is 3.39. The van der Waals surface area contributed by atoms with E-state index >= 15 is 0 Å². The second kappa shape index (κ2) is 11.3. The Balaban J connectivity index is 1.73. The molecule has 0 saturated carbocycles. The number of ether oxygens (including phenoxy) is 2. The quantitative estimate of drug-likeness (QED) is 0.264. The number of halogens is 1. The lowest BCUT2D eigenvalue weighted by Gasteiger charge is -2.11. The number of aromatic nitrogens is 3. The maximum Gasteiger partial charge on any atom is 0.350 e. The minimum atomic E-state index is -0.486. The van der Waals surface area contributed by atoms with Gasteiger partial charge in [0, 0.05) is 25.8 Å². The fraction of sp³-hybridized carbons (Fsp3) is 0.300. The Hall–Kier alpha value is -2.40. The maximum atomic E-state index is 12.5. The summed E-state index contributed by atoms with van der Waals surface area (Å²) in [6.45, 7) is 1.20. The van der Waals surface area contributed by atoms with Crippen LogP contribution in [0.25, 0.3) is 11.4 Å². The Bertz CT molecular complexity index is 1050. The highest BCUT2D eigenvalue weighted by Gasteiger charge is 2.19. The van der Waals surface area contributed by atoms with E-state index in [1.807, 2.05) is 22.8 Å². The highest BCUT2D eigenvalue weighted by atomic mass is 35.5. The van der Waals surface area contributed by atoms with E-state index in [1.54, 1.807) is 24.6 Å². The van der Waals surface area contributed by atoms with Crippen LogP contribution in [0, 0.1) is 0 Å². The van der Waals surface area contributed by atoms with Crippen LogP contribution in [0.1, 0.15) is 16.1 Å². The van der Waals surface area contributed by atoms with Gasteiger partial charge in [0.05, 0.1) is 23.6 Å². The van der Waals surface area contributed by atoms with Crippen LogP contribution in [0.15, 0.2) is 40.9 Å². The third kappa shape index (κ3) is 5.85. The van der Waals surface area contributed by atoms with Crippen LogP contribution in [-0.4, -0.2) is 53.2 Å². The van der Waals surface area contributed by atoms with Gasteiger partial charge >= 0.3 is 5.97 Å². The zero-order chi connectivity index (χ0) is 22.2. The summed E-state index contributed by atoms with van der Waals surface area (Å²) in [6.07, 6.45) is 0.753. The van der Waals surface area contributed by atoms with E-state index in [9.17, 15) is 9.59 Å². The van der Waals surface area contributed by atoms with Crippen LogP contribution < -0.4 is 5.32 Å². The molecule has 1 amide bonds. The van der Waals surface area contributed by atoms with Crippen LogP contribution in [0.4, 0.5) is 5.69 Å². The topological polar surface area (TPSA) is 95.3 Å². The van der Waals surface area contributed by atoms with Crippen molar-refractivity contribution in [2.75, 3.05) is 31.9 Å². The first-order valence-corrected chi connectivity index (χ1v) is 11.5. The summed E-state index contributed by atoms with van der Waals surface area (Å²) in [5.41, 5.74) is 1.20. The first-order chi connectivity index (χ1) is 15.0. The SMILES string of the molecule is COCCCn1c(SCC(=O)Nc2ccsc2C(=O)OC)nnc1-c1ccccc1Cl. The molecule has 2 heterocycles. The lowest BCUT2D eigenvalue weighted by Crippen LogP contribution is -2.16. The number of nitrogens with zero attached hydrogens (tertiary/aromatic N) is 3. The molecular weight excluding hydrogens is 460 g/mol. The zero-order valence-electron chi connectivity index (χ0n) is 17.0. The molecule has 0 radical (unpaired) electrons. The van der Waals surface area contributed by atoms with Gasteiger partial charge in [-0.3, -0.25) is 4.79 Å². The first-order valence-electron chi connectivity index (χ1n) is 9.30. The van der Waals surface area contributed by atoms with Crippen LogP contribution in [0.5, 0.6) is 0 Å². The van der Waals surface area contributed by atoms with E-state index in [4.69, 9.17) is 21.1 Å². The molecule has 0 atom stereocenters. The Morgan fingerprint density at radius 3 is 2.77 bits per heavy atom. The molecule has 0 aliphatic heterocycles. The molecule has 164 valence electrons. The lowest BCUT2D eigenvalue weighted by molar-refractivity contribution is -0.113. The molecule has 8 nitrogen and oxygen atoms in total. The smallest absolute Gasteiger partial charge is 0.350 e. The molecule has 0 bridgehead atoms. The standard InChI is InChI=1S/C20H21ClN4O4S2/c1-28-10-5-9-25-18(13-6-3-4-7-14(13)21)23-24-20(25)31-12-16(26)22-15-8-11-30-17(15)19(27)29-2/h3-4,6-8,11H,5,9-10,12H2,1-2H3,(H,22,26). The Morgan fingerprint density at radius 1 is 1.23 bits per heavy atom. The number of anilines is 1. The molecule has 0 unspecified atom stereocenters. The van der Waals surface area contributed by atoms with E-state index in [1.165, 1.54) is 30.2 Å². The van der Waals surface area contributed by atoms with Crippen molar-refractivity contribution in [1.82, 2.24) is 14.8 Å². The van der Waals surface area contributed by atoms with Crippen molar-refractivity contribution < 1.29 is 19.1 Å². The van der Waals surface area contributed by atoms with Gasteiger partial charge in [0.15, 0.2) is 11.0 Å². The molecule has 0 spiro atoms. The van der Waals surface area contributed by atoms with Gasteiger partial charge in [-0.2, -0.15) is 0 Å². The minimum Gasteiger partial charge on any atom is -0.465 e. The van der Waals surface area contributed by atoms with Gasteiger partial charge in [0.1, 0.15) is 4.88 Å². The molecule has 1 aromatic carbocycles. The number of esters is 1. The van der Waals surface area contributed by atoms with Gasteiger partial charge in [0.2, 0.25) is 5.91 Å². The molecule has 11 heteroatoms. The molecule has 0 aliphatic carbocycles. The van der Waals surface area contributed by atoms with Crippen LogP contribution in [0.2, 0.25) is 5.02 Å². The first kappa shape index (κ1) is 23.3. The van der Waals surface area contributed by atoms with Crippen molar-refractivity contribution in [2.45, 2.75) is 18.1 Å². The Morgan fingerprint density at radius 2 is 2.03 bits per heavy atom. The third-order valence-corrected chi connectivity index (χ3v) is 6.40. The van der Waals surface area contributed by atoms with Crippen LogP contribution in [-0.2, 0) is 20.8 Å². The molecule has 1 N–H and O–H groups in total. The van der Waals surface area contributed by atoms with Gasteiger partial charge in [-0.15, -0.1) is 21.5 Å². The summed E-state index contributed by atoms with van der Waals surface area (Å²) in [6, 6.07) is 9.08. The molecule has 2 aromatic heterocycles. The maximum absolute atomic E-state index is 12.5. The highest BCUT2D eigenvalue weighted by Crippen LogP contribution is 2.30. The largest absolute Gasteiger partial charge is 0.465 e. The molecule has 3 aromatic rings. The molecule has 0 aliphatic rings. The Kier molecular flexibility index (Phi) is 8.47. The Labute approximate surface area is 192 Å². The van der Waals surface area contributed by atoms with E-state index < -0.39 is 5.97 Å². The van der Waals surface area contributed by atoms with Gasteiger partial charge in [-0.05, 0) is 30.0 Å². The van der Waals surface area contributed by atoms with Crippen molar-refractivity contribution in [2.24, 2.45) is 0 Å². The summed E-state index contributed by atoms with van der Waals surface area (Å²) >= 11 is 8.81. The molecular formula is C20H21ClN4O4S2. The number of hydrogen-bond acceptors (Lipinski definition) is 8. The molecule has 0 saturated heterocycles. The summed E-state index contributed by atoms with van der Waals surface area (Å²) in [5.74, 6) is -0.0172. The second-order valence-corrected chi connectivity index (χ2v) is 8.54. The van der Waals surface area contributed by atoms with E-state index in [2.05, 4.69) is 15.5 Å². The molecule has 3 rings (SSSR count). The number of benzene rings is 1. The number of carbonyl (C=O) groups is 2. The van der Waals surface area contributed by atoms with Gasteiger partial charge in [-0.1, -0.05) is 35.5 Å². The van der Waals surface area contributed by atoms with Crippen molar-refractivity contribution >= 4 is 52.3 Å². The summed E-state index contributed by atoms with van der Waals surface area (Å²) in [7, 11) is 2.95. The number of rotatable bonds is 10. The second-order valence-electron chi connectivity index (χ2n) is 6.28. The number of thiophene rings is 1. The average molecular weight is 481 g/mol. The number of hydrogen-bond donors (Lipinski definition) is 1. The monoisotopic (exact) mass is 480 g/mol.